The topological polar surface area (TPSA) is 24.1 Å². The lowest BCUT2D eigenvalue weighted by atomic mass is 10.1. The molecule has 0 bridgehead atoms. The van der Waals surface area contributed by atoms with Gasteiger partial charge in [-0.1, -0.05) is 71.6 Å². The number of nitrogens with one attached hydrogen (secondary N) is 2. The van der Waals surface area contributed by atoms with Crippen molar-refractivity contribution in [3.8, 4) is 0 Å². The van der Waals surface area contributed by atoms with Gasteiger partial charge in [0, 0.05) is 13.1 Å². The Hall–Kier alpha value is -0.310. The zero-order chi connectivity index (χ0) is 14.2. The molecule has 2 nitrogen and oxygen atoms in total. The smallest absolute Gasteiger partial charge is 0.166 e. The first-order valence-electron chi connectivity index (χ1n) is 8.33. The molecule has 0 atom stereocenters. The number of hydrogen-bond acceptors (Lipinski definition) is 1. The Kier molecular flexibility index (Phi) is 15.5. The van der Waals surface area contributed by atoms with Crippen LogP contribution in [0.1, 0.15) is 84.5 Å². The van der Waals surface area contributed by atoms with E-state index in [4.69, 9.17) is 12.2 Å². The molecule has 0 aliphatic carbocycles. The van der Waals surface area contributed by atoms with Gasteiger partial charge in [0.15, 0.2) is 5.11 Å². The summed E-state index contributed by atoms with van der Waals surface area (Å²) in [6.07, 6.45) is 15.0. The Morgan fingerprint density at radius 3 is 1.63 bits per heavy atom. The minimum atomic E-state index is 0.817. The second-order valence-electron chi connectivity index (χ2n) is 5.36. The van der Waals surface area contributed by atoms with E-state index >= 15 is 0 Å². The van der Waals surface area contributed by atoms with E-state index < -0.39 is 0 Å². The molecule has 0 aromatic rings. The van der Waals surface area contributed by atoms with Gasteiger partial charge in [-0.05, 0) is 25.1 Å². The average Bonchev–Trinajstić information content (AvgIpc) is 2.42. The summed E-state index contributed by atoms with van der Waals surface area (Å²) in [7, 11) is 0. The maximum Gasteiger partial charge on any atom is 0.166 e. The van der Waals surface area contributed by atoms with Gasteiger partial charge >= 0.3 is 0 Å². The van der Waals surface area contributed by atoms with Crippen molar-refractivity contribution in [2.24, 2.45) is 0 Å². The molecule has 0 amide bonds. The zero-order valence-corrected chi connectivity index (χ0v) is 13.9. The van der Waals surface area contributed by atoms with Gasteiger partial charge in [0.25, 0.3) is 0 Å². The first-order chi connectivity index (χ1) is 9.31. The Morgan fingerprint density at radius 2 is 1.11 bits per heavy atom. The molecule has 2 N–H and O–H groups in total. The molecule has 0 heterocycles. The van der Waals surface area contributed by atoms with Crippen LogP contribution in [0.4, 0.5) is 0 Å². The van der Waals surface area contributed by atoms with Gasteiger partial charge in [-0.3, -0.25) is 0 Å². The van der Waals surface area contributed by atoms with Crippen molar-refractivity contribution in [1.29, 1.82) is 0 Å². The largest absolute Gasteiger partial charge is 0.363 e. The summed E-state index contributed by atoms with van der Waals surface area (Å²) in [5.41, 5.74) is 0. The number of thiocarbonyl (C=S) groups is 1. The first kappa shape index (κ1) is 18.7. The number of hydrogen-bond donors (Lipinski definition) is 2. The second kappa shape index (κ2) is 15.7. The van der Waals surface area contributed by atoms with E-state index in [-0.39, 0.29) is 0 Å². The van der Waals surface area contributed by atoms with Crippen LogP contribution in [0.3, 0.4) is 0 Å². The van der Waals surface area contributed by atoms with Crippen LogP contribution >= 0.6 is 12.2 Å². The summed E-state index contributed by atoms with van der Waals surface area (Å²) in [5, 5.41) is 7.27. The first-order valence-corrected chi connectivity index (χ1v) is 8.73. The predicted molar refractivity (Wildman–Crippen MR) is 90.7 cm³/mol. The third kappa shape index (κ3) is 15.6. The van der Waals surface area contributed by atoms with E-state index in [9.17, 15) is 0 Å². The molecule has 0 unspecified atom stereocenters. The molecule has 0 saturated heterocycles. The lowest BCUT2D eigenvalue weighted by molar-refractivity contribution is 0.554. The third-order valence-electron chi connectivity index (χ3n) is 3.35. The van der Waals surface area contributed by atoms with Crippen molar-refractivity contribution in [3.63, 3.8) is 0 Å². The van der Waals surface area contributed by atoms with Crippen LogP contribution in [-0.4, -0.2) is 18.2 Å². The van der Waals surface area contributed by atoms with Crippen LogP contribution in [0.25, 0.3) is 0 Å². The van der Waals surface area contributed by atoms with Crippen molar-refractivity contribution in [2.75, 3.05) is 13.1 Å². The van der Waals surface area contributed by atoms with Crippen LogP contribution in [0.2, 0.25) is 0 Å². The Labute approximate surface area is 126 Å². The molecule has 114 valence electrons. The van der Waals surface area contributed by atoms with Crippen LogP contribution < -0.4 is 10.6 Å². The second-order valence-corrected chi connectivity index (χ2v) is 5.77. The molecule has 0 aliphatic heterocycles. The fourth-order valence-electron chi connectivity index (χ4n) is 2.12. The zero-order valence-electron chi connectivity index (χ0n) is 13.1. The maximum absolute atomic E-state index is 5.17. The molecule has 0 radical (unpaired) electrons. The lowest BCUT2D eigenvalue weighted by Gasteiger charge is -2.09. The summed E-state index contributed by atoms with van der Waals surface area (Å²) in [5.74, 6) is 0. The van der Waals surface area contributed by atoms with E-state index in [0.717, 1.165) is 24.6 Å². The van der Waals surface area contributed by atoms with Gasteiger partial charge in [0.2, 0.25) is 0 Å². The van der Waals surface area contributed by atoms with Crippen molar-refractivity contribution in [3.05, 3.63) is 0 Å². The standard InChI is InChI=1S/C16H34N2S/c1-3-5-6-7-8-9-10-11-12-13-15-18-16(19)17-14-4-2/h3-15H2,1-2H3,(H2,17,18,19). The van der Waals surface area contributed by atoms with E-state index in [1.54, 1.807) is 0 Å². The minimum Gasteiger partial charge on any atom is -0.363 e. The molecule has 19 heavy (non-hydrogen) atoms. The molecule has 0 spiro atoms. The highest BCUT2D eigenvalue weighted by Gasteiger charge is 1.94. The summed E-state index contributed by atoms with van der Waals surface area (Å²) < 4.78 is 0. The molecule has 0 fully saturated rings. The van der Waals surface area contributed by atoms with E-state index in [2.05, 4.69) is 24.5 Å². The third-order valence-corrected chi connectivity index (χ3v) is 3.64. The van der Waals surface area contributed by atoms with Crippen molar-refractivity contribution in [1.82, 2.24) is 10.6 Å². The van der Waals surface area contributed by atoms with Gasteiger partial charge < -0.3 is 10.6 Å². The molecule has 3 heteroatoms. The summed E-state index contributed by atoms with van der Waals surface area (Å²) >= 11 is 5.17. The molecule has 0 aliphatic rings. The average molecular weight is 287 g/mol. The Balaban J connectivity index is 3.04. The Bertz CT molecular complexity index is 195. The van der Waals surface area contributed by atoms with Gasteiger partial charge in [-0.15, -0.1) is 0 Å². The molecule has 0 saturated carbocycles. The van der Waals surface area contributed by atoms with Crippen LogP contribution in [0, 0.1) is 0 Å². The van der Waals surface area contributed by atoms with E-state index in [0.29, 0.717) is 0 Å². The van der Waals surface area contributed by atoms with Gasteiger partial charge in [0.05, 0.1) is 0 Å². The van der Waals surface area contributed by atoms with Gasteiger partial charge in [-0.25, -0.2) is 0 Å². The summed E-state index contributed by atoms with van der Waals surface area (Å²) in [4.78, 5) is 0. The quantitative estimate of drug-likeness (QED) is 0.376. The summed E-state index contributed by atoms with van der Waals surface area (Å²) in [6.45, 7) is 6.42. The molecule has 0 aromatic carbocycles. The SMILES string of the molecule is CCCCCCCCCCCCNC(=S)NCCC. The van der Waals surface area contributed by atoms with Crippen LogP contribution in [-0.2, 0) is 0 Å². The van der Waals surface area contributed by atoms with Crippen LogP contribution in [0.15, 0.2) is 0 Å². The van der Waals surface area contributed by atoms with Crippen molar-refractivity contribution >= 4 is 17.3 Å². The highest BCUT2D eigenvalue weighted by atomic mass is 32.1. The molecule has 0 aromatic heterocycles. The normalized spacial score (nSPS) is 10.4. The van der Waals surface area contributed by atoms with Crippen LogP contribution in [0.5, 0.6) is 0 Å². The van der Waals surface area contributed by atoms with E-state index in [1.165, 1.54) is 64.2 Å². The van der Waals surface area contributed by atoms with Crippen molar-refractivity contribution < 1.29 is 0 Å². The summed E-state index contributed by atoms with van der Waals surface area (Å²) in [6, 6.07) is 0. The fourth-order valence-corrected chi connectivity index (χ4v) is 2.32. The fraction of sp³-hybridized carbons (Fsp3) is 0.938. The van der Waals surface area contributed by atoms with Gasteiger partial charge in [0.1, 0.15) is 0 Å². The molecular weight excluding hydrogens is 252 g/mol. The number of unbranched alkanes of at least 4 members (excludes halogenated alkanes) is 9. The maximum atomic E-state index is 5.17. The highest BCUT2D eigenvalue weighted by Crippen LogP contribution is 2.10. The molecular formula is C16H34N2S. The minimum absolute atomic E-state index is 0.817. The lowest BCUT2D eigenvalue weighted by Crippen LogP contribution is -2.36. The number of rotatable bonds is 13. The van der Waals surface area contributed by atoms with Crippen molar-refractivity contribution in [2.45, 2.75) is 84.5 Å². The van der Waals surface area contributed by atoms with E-state index in [1.807, 2.05) is 0 Å². The monoisotopic (exact) mass is 286 g/mol. The van der Waals surface area contributed by atoms with Gasteiger partial charge in [-0.2, -0.15) is 0 Å². The Morgan fingerprint density at radius 1 is 0.632 bits per heavy atom. The highest BCUT2D eigenvalue weighted by molar-refractivity contribution is 7.80. The predicted octanol–water partition coefficient (Wildman–Crippen LogP) is 4.78. The molecule has 0 rings (SSSR count).